The third kappa shape index (κ3) is 8.36. The van der Waals surface area contributed by atoms with Crippen LogP contribution in [0.25, 0.3) is 0 Å². The van der Waals surface area contributed by atoms with E-state index in [4.69, 9.17) is 19.7 Å². The van der Waals surface area contributed by atoms with Crippen molar-refractivity contribution < 1.29 is 39.5 Å². The number of carbonyl (C=O) groups excluding carboxylic acids is 1. The number of aromatic hydroxyl groups is 2. The highest BCUT2D eigenvalue weighted by atomic mass is 16.5. The Bertz CT molecular complexity index is 1290. The standard InChI is InChI=1S/C22H28N2O5.C7H6O3/c1-4-28-16-7-5-14(6-8-16)11-22(2,3)23-12-19(26)17-9-15(25)10-18-21(17)29-13-20(27)24-18;8-6-4-2-1-3-5(6)7(9)10/h5-10,19,23,25-26H,4,11-13H2,1-3H3,(H,24,27);1-4,8H,(H,9,10)/t19-;/m0./s1. The largest absolute Gasteiger partial charge is 0.508 e. The summed E-state index contributed by atoms with van der Waals surface area (Å²) in [5.74, 6) is -0.414. The van der Waals surface area contributed by atoms with E-state index in [0.717, 1.165) is 17.7 Å². The first-order chi connectivity index (χ1) is 18.5. The lowest BCUT2D eigenvalue weighted by Gasteiger charge is -2.29. The molecule has 6 N–H and O–H groups in total. The van der Waals surface area contributed by atoms with Crippen molar-refractivity contribution >= 4 is 17.6 Å². The maximum atomic E-state index is 11.5. The fourth-order valence-corrected chi connectivity index (χ4v) is 4.04. The number of carbonyl (C=O) groups is 2. The number of aliphatic hydroxyl groups is 1. The molecular weight excluding hydrogens is 504 g/mol. The molecule has 10 nitrogen and oxygen atoms in total. The minimum absolute atomic E-state index is 0.0442. The number of nitrogens with one attached hydrogen (secondary N) is 2. The number of para-hydroxylation sites is 1. The number of carboxylic acids is 1. The lowest BCUT2D eigenvalue weighted by Crippen LogP contribution is -2.43. The molecule has 0 saturated heterocycles. The normalized spacial score (nSPS) is 13.2. The van der Waals surface area contributed by atoms with Crippen molar-refractivity contribution in [2.24, 2.45) is 0 Å². The zero-order valence-corrected chi connectivity index (χ0v) is 22.1. The van der Waals surface area contributed by atoms with Crippen molar-refractivity contribution in [2.45, 2.75) is 38.8 Å². The number of benzene rings is 3. The van der Waals surface area contributed by atoms with Crippen LogP contribution in [-0.2, 0) is 11.2 Å². The minimum Gasteiger partial charge on any atom is -0.508 e. The molecule has 3 aromatic rings. The minimum atomic E-state index is -1.11. The van der Waals surface area contributed by atoms with E-state index in [1.807, 2.05) is 31.2 Å². The summed E-state index contributed by atoms with van der Waals surface area (Å²) in [6.45, 7) is 6.85. The van der Waals surface area contributed by atoms with Crippen LogP contribution in [-0.4, -0.2) is 57.6 Å². The molecule has 1 amide bonds. The predicted octanol–water partition coefficient (Wildman–Crippen LogP) is 3.86. The molecule has 208 valence electrons. The third-order valence-electron chi connectivity index (χ3n) is 5.87. The molecule has 0 fully saturated rings. The smallest absolute Gasteiger partial charge is 0.339 e. The predicted molar refractivity (Wildman–Crippen MR) is 146 cm³/mol. The van der Waals surface area contributed by atoms with Crippen molar-refractivity contribution in [2.75, 3.05) is 25.1 Å². The van der Waals surface area contributed by atoms with E-state index in [1.54, 1.807) is 12.1 Å². The van der Waals surface area contributed by atoms with Crippen LogP contribution in [0.1, 0.15) is 48.4 Å². The van der Waals surface area contributed by atoms with E-state index in [9.17, 15) is 19.8 Å². The van der Waals surface area contributed by atoms with E-state index < -0.39 is 12.1 Å². The van der Waals surface area contributed by atoms with Gasteiger partial charge in [-0.1, -0.05) is 24.3 Å². The summed E-state index contributed by atoms with van der Waals surface area (Å²) in [5.41, 5.74) is 1.61. The molecule has 0 bridgehead atoms. The molecule has 3 aromatic carbocycles. The summed E-state index contributed by atoms with van der Waals surface area (Å²) < 4.78 is 11.0. The number of carboxylic acid groups (broad SMARTS) is 1. The Hall–Kier alpha value is -4.28. The van der Waals surface area contributed by atoms with Crippen LogP contribution in [0, 0.1) is 0 Å². The van der Waals surface area contributed by atoms with E-state index in [0.29, 0.717) is 23.6 Å². The molecule has 1 heterocycles. The molecule has 1 atom stereocenters. The summed E-state index contributed by atoms with van der Waals surface area (Å²) in [6, 6.07) is 16.7. The van der Waals surface area contributed by atoms with Gasteiger partial charge >= 0.3 is 5.97 Å². The summed E-state index contributed by atoms with van der Waals surface area (Å²) in [4.78, 5) is 21.8. The second kappa shape index (κ2) is 13.0. The van der Waals surface area contributed by atoms with Crippen LogP contribution in [0.3, 0.4) is 0 Å². The van der Waals surface area contributed by atoms with Gasteiger partial charge in [0, 0.05) is 23.7 Å². The van der Waals surface area contributed by atoms with E-state index in [2.05, 4.69) is 24.5 Å². The topological polar surface area (TPSA) is 158 Å². The van der Waals surface area contributed by atoms with Crippen molar-refractivity contribution in [1.29, 1.82) is 0 Å². The molecule has 0 radical (unpaired) electrons. The molecule has 1 aliphatic heterocycles. The fraction of sp³-hybridized carbons (Fsp3) is 0.310. The summed E-state index contributed by atoms with van der Waals surface area (Å²) >= 11 is 0. The number of aromatic carboxylic acids is 1. The lowest BCUT2D eigenvalue weighted by atomic mass is 9.94. The fourth-order valence-electron chi connectivity index (χ4n) is 4.04. The van der Waals surface area contributed by atoms with Gasteiger partial charge in [0.1, 0.15) is 28.6 Å². The van der Waals surface area contributed by atoms with E-state index >= 15 is 0 Å². The lowest BCUT2D eigenvalue weighted by molar-refractivity contribution is -0.118. The zero-order chi connectivity index (χ0) is 28.6. The zero-order valence-electron chi connectivity index (χ0n) is 22.1. The molecule has 39 heavy (non-hydrogen) atoms. The number of aliphatic hydroxyl groups excluding tert-OH is 1. The van der Waals surface area contributed by atoms with Crippen LogP contribution >= 0.6 is 0 Å². The maximum absolute atomic E-state index is 11.5. The van der Waals surface area contributed by atoms with E-state index in [1.165, 1.54) is 24.3 Å². The van der Waals surface area contributed by atoms with Gasteiger partial charge in [0.25, 0.3) is 5.91 Å². The van der Waals surface area contributed by atoms with Crippen molar-refractivity contribution in [3.05, 3.63) is 77.4 Å². The quantitative estimate of drug-likeness (QED) is 0.238. The second-order valence-corrected chi connectivity index (χ2v) is 9.61. The molecule has 10 heteroatoms. The highest BCUT2D eigenvalue weighted by molar-refractivity contribution is 5.96. The highest BCUT2D eigenvalue weighted by Crippen LogP contribution is 2.38. The summed E-state index contributed by atoms with van der Waals surface area (Å²) in [6.07, 6.45) is -0.151. The number of hydrogen-bond donors (Lipinski definition) is 6. The number of rotatable bonds is 9. The van der Waals surface area contributed by atoms with Crippen LogP contribution < -0.4 is 20.1 Å². The Balaban J connectivity index is 0.000000353. The average molecular weight is 539 g/mol. The van der Waals surface area contributed by atoms with Gasteiger partial charge in [0.05, 0.1) is 18.4 Å². The van der Waals surface area contributed by atoms with Gasteiger partial charge in [-0.25, -0.2) is 4.79 Å². The maximum Gasteiger partial charge on any atom is 0.339 e. The number of anilines is 1. The number of phenols is 2. The second-order valence-electron chi connectivity index (χ2n) is 9.61. The molecule has 0 saturated carbocycles. The number of ether oxygens (including phenoxy) is 2. The number of β-amino-alcohol motifs (C(OH)–C–C–N with tert-alkyl or cyclic N) is 1. The Morgan fingerprint density at radius 1 is 1.13 bits per heavy atom. The molecule has 0 spiro atoms. The van der Waals surface area contributed by atoms with Crippen LogP contribution in [0.15, 0.2) is 60.7 Å². The van der Waals surface area contributed by atoms with Gasteiger partial charge in [0.2, 0.25) is 0 Å². The number of fused-ring (bicyclic) bond motifs is 1. The summed E-state index contributed by atoms with van der Waals surface area (Å²) in [5, 5.41) is 44.0. The summed E-state index contributed by atoms with van der Waals surface area (Å²) in [7, 11) is 0. The van der Waals surface area contributed by atoms with Gasteiger partial charge in [-0.2, -0.15) is 0 Å². The third-order valence-corrected chi connectivity index (χ3v) is 5.87. The number of hydrogen-bond acceptors (Lipinski definition) is 8. The van der Waals surface area contributed by atoms with Gasteiger partial charge in [0.15, 0.2) is 6.61 Å². The Morgan fingerprint density at radius 3 is 2.44 bits per heavy atom. The van der Waals surface area contributed by atoms with Gasteiger partial charge in [-0.05, 0) is 63.1 Å². The molecule has 0 aromatic heterocycles. The van der Waals surface area contributed by atoms with Crippen LogP contribution in [0.2, 0.25) is 0 Å². The Kier molecular flexibility index (Phi) is 9.75. The first kappa shape index (κ1) is 29.3. The first-order valence-corrected chi connectivity index (χ1v) is 12.4. The highest BCUT2D eigenvalue weighted by Gasteiger charge is 2.26. The molecule has 0 unspecified atom stereocenters. The average Bonchev–Trinajstić information content (AvgIpc) is 2.88. The number of phenolic OH excluding ortho intramolecular Hbond substituents is 1. The molecular formula is C29H34N2O8. The van der Waals surface area contributed by atoms with Gasteiger partial charge in [-0.3, -0.25) is 4.79 Å². The molecule has 4 rings (SSSR count). The molecule has 1 aliphatic rings. The van der Waals surface area contributed by atoms with E-state index in [-0.39, 0.29) is 41.7 Å². The van der Waals surface area contributed by atoms with Crippen LogP contribution in [0.5, 0.6) is 23.0 Å². The van der Waals surface area contributed by atoms with Gasteiger partial charge < -0.3 is 40.5 Å². The van der Waals surface area contributed by atoms with Crippen molar-refractivity contribution in [3.8, 4) is 23.0 Å². The first-order valence-electron chi connectivity index (χ1n) is 12.4. The van der Waals surface area contributed by atoms with Gasteiger partial charge in [-0.15, -0.1) is 0 Å². The Labute approximate surface area is 226 Å². The van der Waals surface area contributed by atoms with Crippen molar-refractivity contribution in [3.63, 3.8) is 0 Å². The SMILES string of the molecule is CCOc1ccc(CC(C)(C)NC[C@H](O)c2cc(O)cc3c2OCC(=O)N3)cc1.O=C(O)c1ccccc1O. The van der Waals surface area contributed by atoms with Crippen molar-refractivity contribution in [1.82, 2.24) is 5.32 Å². The monoisotopic (exact) mass is 538 g/mol. The Morgan fingerprint density at radius 2 is 1.82 bits per heavy atom. The number of amides is 1. The molecule has 0 aliphatic carbocycles. The van der Waals surface area contributed by atoms with Crippen LogP contribution in [0.4, 0.5) is 5.69 Å².